The van der Waals surface area contributed by atoms with Crippen LogP contribution in [0.15, 0.2) is 0 Å². The van der Waals surface area contributed by atoms with Crippen molar-refractivity contribution < 1.29 is 24.4 Å². The Balaban J connectivity index is 2.04. The van der Waals surface area contributed by atoms with E-state index in [0.717, 1.165) is 6.42 Å². The molecule has 2 aliphatic heterocycles. The first kappa shape index (κ1) is 10.3. The van der Waals surface area contributed by atoms with Crippen molar-refractivity contribution >= 4 is 0 Å². The fraction of sp³-hybridized carbons (Fsp3) is 1.00. The van der Waals surface area contributed by atoms with E-state index < -0.39 is 0 Å². The standard InChI is InChI=1S/C9H16O5/c10-3-6-1-2-12-9-7(4-11)13-5-14-8(6)9/h6-11H,1-5H2/t6-,7-,8?,9?/m1/s1. The predicted octanol–water partition coefficient (Wildman–Crippen LogP) is -0.882. The third kappa shape index (κ3) is 1.78. The van der Waals surface area contributed by atoms with Gasteiger partial charge in [-0.3, -0.25) is 0 Å². The van der Waals surface area contributed by atoms with Crippen LogP contribution in [0.1, 0.15) is 6.42 Å². The number of hydrogen-bond acceptors (Lipinski definition) is 5. The van der Waals surface area contributed by atoms with E-state index in [9.17, 15) is 0 Å². The number of fused-ring (bicyclic) bond motifs is 1. The van der Waals surface area contributed by atoms with Gasteiger partial charge in [-0.2, -0.15) is 0 Å². The second-order valence-corrected chi connectivity index (χ2v) is 3.70. The van der Waals surface area contributed by atoms with Crippen molar-refractivity contribution in [2.24, 2.45) is 5.92 Å². The van der Waals surface area contributed by atoms with Gasteiger partial charge in [-0.25, -0.2) is 0 Å². The summed E-state index contributed by atoms with van der Waals surface area (Å²) in [5.74, 6) is 0.103. The molecular formula is C9H16O5. The molecule has 2 unspecified atom stereocenters. The van der Waals surface area contributed by atoms with Gasteiger partial charge in [-0.05, 0) is 6.42 Å². The van der Waals surface area contributed by atoms with Gasteiger partial charge in [-0.15, -0.1) is 0 Å². The molecule has 0 bridgehead atoms. The normalized spacial score (nSPS) is 43.3. The summed E-state index contributed by atoms with van der Waals surface area (Å²) in [4.78, 5) is 0. The van der Waals surface area contributed by atoms with Crippen molar-refractivity contribution in [3.05, 3.63) is 0 Å². The van der Waals surface area contributed by atoms with Gasteiger partial charge in [0.25, 0.3) is 0 Å². The van der Waals surface area contributed by atoms with E-state index >= 15 is 0 Å². The van der Waals surface area contributed by atoms with Crippen molar-refractivity contribution in [2.45, 2.75) is 24.7 Å². The Kier molecular flexibility index (Phi) is 3.35. The Morgan fingerprint density at radius 3 is 2.57 bits per heavy atom. The summed E-state index contributed by atoms with van der Waals surface area (Å²) in [6.07, 6.45) is 0.109. The highest BCUT2D eigenvalue weighted by molar-refractivity contribution is 4.89. The van der Waals surface area contributed by atoms with Gasteiger partial charge in [0.15, 0.2) is 0 Å². The van der Waals surface area contributed by atoms with Gasteiger partial charge in [-0.1, -0.05) is 0 Å². The quantitative estimate of drug-likeness (QED) is 0.611. The fourth-order valence-electron chi connectivity index (χ4n) is 2.08. The molecule has 0 saturated carbocycles. The molecule has 0 aromatic heterocycles. The van der Waals surface area contributed by atoms with Crippen molar-refractivity contribution in [3.8, 4) is 0 Å². The Morgan fingerprint density at radius 2 is 1.86 bits per heavy atom. The summed E-state index contributed by atoms with van der Waals surface area (Å²) in [7, 11) is 0. The smallest absolute Gasteiger partial charge is 0.147 e. The van der Waals surface area contributed by atoms with Gasteiger partial charge in [0.2, 0.25) is 0 Å². The molecule has 2 saturated heterocycles. The molecule has 14 heavy (non-hydrogen) atoms. The topological polar surface area (TPSA) is 68.2 Å². The first-order valence-electron chi connectivity index (χ1n) is 4.93. The monoisotopic (exact) mass is 204 g/mol. The number of aliphatic hydroxyl groups is 2. The molecule has 4 atom stereocenters. The maximum atomic E-state index is 9.15. The molecule has 5 nitrogen and oxygen atoms in total. The van der Waals surface area contributed by atoms with Gasteiger partial charge >= 0.3 is 0 Å². The van der Waals surface area contributed by atoms with Crippen molar-refractivity contribution in [1.82, 2.24) is 0 Å². The second-order valence-electron chi connectivity index (χ2n) is 3.70. The van der Waals surface area contributed by atoms with Crippen LogP contribution < -0.4 is 0 Å². The zero-order valence-electron chi connectivity index (χ0n) is 7.96. The van der Waals surface area contributed by atoms with Gasteiger partial charge in [0.05, 0.1) is 12.7 Å². The highest BCUT2D eigenvalue weighted by Crippen LogP contribution is 2.29. The molecule has 0 aromatic carbocycles. The Labute approximate surface area is 82.6 Å². The van der Waals surface area contributed by atoms with Gasteiger partial charge in [0.1, 0.15) is 19.0 Å². The van der Waals surface area contributed by atoms with E-state index in [1.165, 1.54) is 0 Å². The van der Waals surface area contributed by atoms with E-state index in [4.69, 9.17) is 24.4 Å². The van der Waals surface area contributed by atoms with Gasteiger partial charge in [0, 0.05) is 19.1 Å². The fourth-order valence-corrected chi connectivity index (χ4v) is 2.08. The van der Waals surface area contributed by atoms with Crippen LogP contribution in [0.2, 0.25) is 0 Å². The van der Waals surface area contributed by atoms with E-state index in [2.05, 4.69) is 0 Å². The van der Waals surface area contributed by atoms with Crippen LogP contribution in [-0.4, -0.2) is 55.1 Å². The molecule has 2 fully saturated rings. The molecule has 0 spiro atoms. The van der Waals surface area contributed by atoms with E-state index in [1.54, 1.807) is 0 Å². The van der Waals surface area contributed by atoms with Crippen LogP contribution in [0, 0.1) is 5.92 Å². The van der Waals surface area contributed by atoms with E-state index in [-0.39, 0.29) is 44.2 Å². The highest BCUT2D eigenvalue weighted by Gasteiger charge is 2.42. The summed E-state index contributed by atoms with van der Waals surface area (Å²) >= 11 is 0. The average Bonchev–Trinajstić information content (AvgIpc) is 2.27. The zero-order chi connectivity index (χ0) is 9.97. The lowest BCUT2D eigenvalue weighted by molar-refractivity contribution is -0.279. The van der Waals surface area contributed by atoms with Gasteiger partial charge < -0.3 is 24.4 Å². The molecule has 2 rings (SSSR count). The molecule has 82 valence electrons. The molecule has 0 aromatic rings. The van der Waals surface area contributed by atoms with E-state index in [1.807, 2.05) is 0 Å². The minimum atomic E-state index is -0.317. The first-order chi connectivity index (χ1) is 6.86. The Hall–Kier alpha value is -0.200. The minimum Gasteiger partial charge on any atom is -0.396 e. The molecule has 2 aliphatic rings. The third-order valence-corrected chi connectivity index (χ3v) is 2.91. The molecule has 0 radical (unpaired) electrons. The number of hydrogen-bond donors (Lipinski definition) is 2. The largest absolute Gasteiger partial charge is 0.396 e. The summed E-state index contributed by atoms with van der Waals surface area (Å²) in [5.41, 5.74) is 0. The predicted molar refractivity (Wildman–Crippen MR) is 46.6 cm³/mol. The van der Waals surface area contributed by atoms with E-state index in [0.29, 0.717) is 6.61 Å². The molecule has 2 heterocycles. The first-order valence-corrected chi connectivity index (χ1v) is 4.93. The SMILES string of the molecule is OC[C@H]1CCOC2C1OCO[C@@H]2CO. The van der Waals surface area contributed by atoms with Crippen LogP contribution in [-0.2, 0) is 14.2 Å². The van der Waals surface area contributed by atoms with Crippen LogP contribution in [0.3, 0.4) is 0 Å². The summed E-state index contributed by atoms with van der Waals surface area (Å²) in [6.45, 7) is 0.799. The van der Waals surface area contributed by atoms with Crippen LogP contribution in [0.5, 0.6) is 0 Å². The third-order valence-electron chi connectivity index (χ3n) is 2.91. The molecular weight excluding hydrogens is 188 g/mol. The van der Waals surface area contributed by atoms with Crippen LogP contribution >= 0.6 is 0 Å². The summed E-state index contributed by atoms with van der Waals surface area (Å²) in [6, 6.07) is 0. The van der Waals surface area contributed by atoms with Crippen molar-refractivity contribution in [1.29, 1.82) is 0 Å². The van der Waals surface area contributed by atoms with Crippen LogP contribution in [0.4, 0.5) is 0 Å². The Morgan fingerprint density at radius 1 is 1.00 bits per heavy atom. The molecule has 5 heteroatoms. The summed E-state index contributed by atoms with van der Waals surface area (Å²) in [5, 5.41) is 18.2. The maximum absolute atomic E-state index is 9.15. The van der Waals surface area contributed by atoms with Crippen molar-refractivity contribution in [2.75, 3.05) is 26.6 Å². The minimum absolute atomic E-state index is 0.0668. The summed E-state index contributed by atoms with van der Waals surface area (Å²) < 4.78 is 16.1. The maximum Gasteiger partial charge on any atom is 0.147 e. The zero-order valence-corrected chi connectivity index (χ0v) is 7.96. The lowest BCUT2D eigenvalue weighted by Crippen LogP contribution is -2.55. The average molecular weight is 204 g/mol. The molecule has 0 aliphatic carbocycles. The highest BCUT2D eigenvalue weighted by atomic mass is 16.7. The number of aliphatic hydroxyl groups excluding tert-OH is 2. The van der Waals surface area contributed by atoms with Crippen molar-refractivity contribution in [3.63, 3.8) is 0 Å². The second kappa shape index (κ2) is 4.55. The Bertz CT molecular complexity index is 166. The number of rotatable bonds is 2. The lowest BCUT2D eigenvalue weighted by atomic mass is 9.90. The lowest BCUT2D eigenvalue weighted by Gasteiger charge is -2.43. The number of ether oxygens (including phenoxy) is 3. The van der Waals surface area contributed by atoms with Crippen LogP contribution in [0.25, 0.3) is 0 Å². The molecule has 0 amide bonds. The molecule has 2 N–H and O–H groups in total.